The van der Waals surface area contributed by atoms with Crippen LogP contribution in [0.1, 0.15) is 39.5 Å². The fourth-order valence-electron chi connectivity index (χ4n) is 1.63. The minimum atomic E-state index is -0.500. The molecule has 0 spiro atoms. The van der Waals surface area contributed by atoms with Crippen LogP contribution in [0.5, 0.6) is 0 Å². The van der Waals surface area contributed by atoms with Crippen LogP contribution in [-0.4, -0.2) is 23.3 Å². The first-order chi connectivity index (χ1) is 5.17. The van der Waals surface area contributed by atoms with Gasteiger partial charge in [-0.1, -0.05) is 13.3 Å². The van der Waals surface area contributed by atoms with E-state index in [1.165, 1.54) is 12.8 Å². The lowest BCUT2D eigenvalue weighted by Gasteiger charge is -2.35. The second-order valence-corrected chi connectivity index (χ2v) is 3.71. The first kappa shape index (κ1) is 9.01. The molecule has 0 aromatic carbocycles. The van der Waals surface area contributed by atoms with Gasteiger partial charge in [0, 0.05) is 6.04 Å². The van der Waals surface area contributed by atoms with Gasteiger partial charge in [0.05, 0.1) is 5.60 Å². The van der Waals surface area contributed by atoms with E-state index < -0.39 is 5.60 Å². The van der Waals surface area contributed by atoms with Crippen molar-refractivity contribution < 1.29 is 5.11 Å². The lowest BCUT2D eigenvalue weighted by Crippen LogP contribution is -2.50. The molecule has 1 aliphatic heterocycles. The van der Waals surface area contributed by atoms with E-state index in [0.717, 1.165) is 19.4 Å². The van der Waals surface area contributed by atoms with Crippen LogP contribution >= 0.6 is 0 Å². The standard InChI is InChI=1S/C9H19NO/c1-3-9(2,11)8-6-4-5-7-10-8/h8,10-11H,3-7H2,1-2H3. The van der Waals surface area contributed by atoms with Crippen molar-refractivity contribution in [2.24, 2.45) is 0 Å². The Morgan fingerprint density at radius 1 is 1.55 bits per heavy atom. The van der Waals surface area contributed by atoms with Crippen LogP contribution in [0, 0.1) is 0 Å². The van der Waals surface area contributed by atoms with E-state index in [9.17, 15) is 5.11 Å². The van der Waals surface area contributed by atoms with Crippen molar-refractivity contribution in [3.8, 4) is 0 Å². The molecular formula is C9H19NO. The highest BCUT2D eigenvalue weighted by molar-refractivity contribution is 4.88. The van der Waals surface area contributed by atoms with Gasteiger partial charge in [-0.2, -0.15) is 0 Å². The summed E-state index contributed by atoms with van der Waals surface area (Å²) >= 11 is 0. The van der Waals surface area contributed by atoms with Gasteiger partial charge in [0.15, 0.2) is 0 Å². The monoisotopic (exact) mass is 157 g/mol. The summed E-state index contributed by atoms with van der Waals surface area (Å²) in [7, 11) is 0. The Labute approximate surface area is 69.0 Å². The molecular weight excluding hydrogens is 138 g/mol. The fourth-order valence-corrected chi connectivity index (χ4v) is 1.63. The van der Waals surface area contributed by atoms with Gasteiger partial charge in [0.2, 0.25) is 0 Å². The van der Waals surface area contributed by atoms with Gasteiger partial charge < -0.3 is 10.4 Å². The van der Waals surface area contributed by atoms with Crippen molar-refractivity contribution in [2.45, 2.75) is 51.2 Å². The van der Waals surface area contributed by atoms with Gasteiger partial charge in [-0.05, 0) is 32.7 Å². The van der Waals surface area contributed by atoms with E-state index in [2.05, 4.69) is 5.32 Å². The molecule has 2 atom stereocenters. The highest BCUT2D eigenvalue weighted by atomic mass is 16.3. The molecule has 2 N–H and O–H groups in total. The first-order valence-electron chi connectivity index (χ1n) is 4.62. The summed E-state index contributed by atoms with van der Waals surface area (Å²) in [5, 5.41) is 13.2. The highest BCUT2D eigenvalue weighted by Crippen LogP contribution is 2.21. The third-order valence-electron chi connectivity index (χ3n) is 2.78. The van der Waals surface area contributed by atoms with E-state index in [1.54, 1.807) is 0 Å². The van der Waals surface area contributed by atoms with Gasteiger partial charge in [0.25, 0.3) is 0 Å². The summed E-state index contributed by atoms with van der Waals surface area (Å²) in [5.74, 6) is 0. The number of rotatable bonds is 2. The van der Waals surface area contributed by atoms with Gasteiger partial charge in [0.1, 0.15) is 0 Å². The Morgan fingerprint density at radius 2 is 2.27 bits per heavy atom. The molecule has 1 fully saturated rings. The zero-order chi connectivity index (χ0) is 8.32. The molecule has 1 aliphatic rings. The molecule has 0 bridgehead atoms. The fraction of sp³-hybridized carbons (Fsp3) is 1.00. The first-order valence-corrected chi connectivity index (χ1v) is 4.62. The topological polar surface area (TPSA) is 32.3 Å². The molecule has 2 unspecified atom stereocenters. The smallest absolute Gasteiger partial charge is 0.0769 e. The molecule has 0 aliphatic carbocycles. The Morgan fingerprint density at radius 3 is 2.73 bits per heavy atom. The zero-order valence-corrected chi connectivity index (χ0v) is 7.56. The molecule has 11 heavy (non-hydrogen) atoms. The molecule has 0 amide bonds. The van der Waals surface area contributed by atoms with Gasteiger partial charge >= 0.3 is 0 Å². The molecule has 0 aromatic rings. The van der Waals surface area contributed by atoms with Crippen LogP contribution in [-0.2, 0) is 0 Å². The van der Waals surface area contributed by atoms with Crippen molar-refractivity contribution in [2.75, 3.05) is 6.54 Å². The zero-order valence-electron chi connectivity index (χ0n) is 7.56. The van der Waals surface area contributed by atoms with Crippen molar-refractivity contribution in [1.29, 1.82) is 0 Å². The number of piperidine rings is 1. The molecule has 66 valence electrons. The third-order valence-corrected chi connectivity index (χ3v) is 2.78. The van der Waals surface area contributed by atoms with Gasteiger partial charge in [-0.25, -0.2) is 0 Å². The molecule has 0 radical (unpaired) electrons. The summed E-state index contributed by atoms with van der Waals surface area (Å²) in [6.07, 6.45) is 4.48. The molecule has 0 saturated carbocycles. The van der Waals surface area contributed by atoms with E-state index in [0.29, 0.717) is 6.04 Å². The minimum absolute atomic E-state index is 0.321. The van der Waals surface area contributed by atoms with E-state index in [1.807, 2.05) is 13.8 Å². The maximum atomic E-state index is 9.89. The largest absolute Gasteiger partial charge is 0.389 e. The average molecular weight is 157 g/mol. The Hall–Kier alpha value is -0.0800. The Bertz CT molecular complexity index is 117. The Balaban J connectivity index is 2.43. The van der Waals surface area contributed by atoms with Crippen molar-refractivity contribution in [1.82, 2.24) is 5.32 Å². The molecule has 0 aromatic heterocycles. The third kappa shape index (κ3) is 2.17. The predicted molar refractivity (Wildman–Crippen MR) is 46.6 cm³/mol. The van der Waals surface area contributed by atoms with Crippen LogP contribution in [0.15, 0.2) is 0 Å². The minimum Gasteiger partial charge on any atom is -0.389 e. The van der Waals surface area contributed by atoms with Crippen LogP contribution in [0.2, 0.25) is 0 Å². The summed E-state index contributed by atoms with van der Waals surface area (Å²) in [6.45, 7) is 5.03. The molecule has 1 rings (SSSR count). The normalized spacial score (nSPS) is 31.4. The van der Waals surface area contributed by atoms with Gasteiger partial charge in [-0.15, -0.1) is 0 Å². The highest BCUT2D eigenvalue weighted by Gasteiger charge is 2.30. The summed E-state index contributed by atoms with van der Waals surface area (Å²) in [6, 6.07) is 0.321. The molecule has 1 saturated heterocycles. The van der Waals surface area contributed by atoms with E-state index >= 15 is 0 Å². The summed E-state index contributed by atoms with van der Waals surface area (Å²) < 4.78 is 0. The maximum absolute atomic E-state index is 9.89. The van der Waals surface area contributed by atoms with Crippen LogP contribution in [0.4, 0.5) is 0 Å². The quantitative estimate of drug-likeness (QED) is 0.633. The Kier molecular flexibility index (Phi) is 2.90. The van der Waals surface area contributed by atoms with Gasteiger partial charge in [-0.3, -0.25) is 0 Å². The second kappa shape index (κ2) is 3.55. The summed E-state index contributed by atoms with van der Waals surface area (Å²) in [4.78, 5) is 0. The van der Waals surface area contributed by atoms with Crippen molar-refractivity contribution in [3.63, 3.8) is 0 Å². The average Bonchev–Trinajstić information content (AvgIpc) is 2.06. The lowest BCUT2D eigenvalue weighted by atomic mass is 9.87. The maximum Gasteiger partial charge on any atom is 0.0769 e. The predicted octanol–water partition coefficient (Wildman–Crippen LogP) is 1.29. The van der Waals surface area contributed by atoms with Crippen molar-refractivity contribution in [3.05, 3.63) is 0 Å². The van der Waals surface area contributed by atoms with E-state index in [-0.39, 0.29) is 0 Å². The second-order valence-electron chi connectivity index (χ2n) is 3.71. The van der Waals surface area contributed by atoms with Crippen LogP contribution in [0.25, 0.3) is 0 Å². The molecule has 2 heteroatoms. The number of aliphatic hydroxyl groups is 1. The van der Waals surface area contributed by atoms with Crippen LogP contribution in [0.3, 0.4) is 0 Å². The lowest BCUT2D eigenvalue weighted by molar-refractivity contribution is 0.00668. The molecule has 2 nitrogen and oxygen atoms in total. The number of hydrogen-bond donors (Lipinski definition) is 2. The number of nitrogens with one attached hydrogen (secondary N) is 1. The molecule has 1 heterocycles. The SMILES string of the molecule is CCC(C)(O)C1CCCCN1. The van der Waals surface area contributed by atoms with Crippen molar-refractivity contribution >= 4 is 0 Å². The van der Waals surface area contributed by atoms with E-state index in [4.69, 9.17) is 0 Å². The van der Waals surface area contributed by atoms with Crippen LogP contribution < -0.4 is 5.32 Å². The summed E-state index contributed by atoms with van der Waals surface area (Å²) in [5.41, 5.74) is -0.500. The number of hydrogen-bond acceptors (Lipinski definition) is 2.